The first-order valence-corrected chi connectivity index (χ1v) is 9.39. The fraction of sp³-hybridized carbons (Fsp3) is 0.526. The zero-order chi connectivity index (χ0) is 19.9. The summed E-state index contributed by atoms with van der Waals surface area (Å²) < 4.78 is 18.0. The van der Waals surface area contributed by atoms with Crippen LogP contribution in [0.15, 0.2) is 18.2 Å². The van der Waals surface area contributed by atoms with Gasteiger partial charge in [-0.1, -0.05) is 5.21 Å². The minimum Gasteiger partial charge on any atom is -0.496 e. The third kappa shape index (κ3) is 4.72. The lowest BCUT2D eigenvalue weighted by molar-refractivity contribution is 0.0941. The quantitative estimate of drug-likeness (QED) is 0.657. The Kier molecular flexibility index (Phi) is 6.70. The summed E-state index contributed by atoms with van der Waals surface area (Å²) in [7, 11) is 3.16. The second-order valence-electron chi connectivity index (χ2n) is 6.60. The van der Waals surface area contributed by atoms with Gasteiger partial charge in [-0.2, -0.15) is 0 Å². The van der Waals surface area contributed by atoms with Crippen LogP contribution in [0.2, 0.25) is 0 Å². The zero-order valence-electron chi connectivity index (χ0n) is 16.5. The summed E-state index contributed by atoms with van der Waals surface area (Å²) in [4.78, 5) is 12.4. The molecule has 2 N–H and O–H groups in total. The second-order valence-corrected chi connectivity index (χ2v) is 6.60. The van der Waals surface area contributed by atoms with Crippen LogP contribution in [0, 0.1) is 6.92 Å². The maximum Gasteiger partial charge on any atom is 0.273 e. The molecule has 0 atom stereocenters. The van der Waals surface area contributed by atoms with Gasteiger partial charge in [0.2, 0.25) is 0 Å². The summed E-state index contributed by atoms with van der Waals surface area (Å²) in [5.41, 5.74) is 1.16. The molecule has 0 bridgehead atoms. The SMILES string of the molecule is COc1cc(OC)cc(OCCNC(=O)c2nnn(C3CCNCC3)c2C)c1. The van der Waals surface area contributed by atoms with E-state index >= 15 is 0 Å². The van der Waals surface area contributed by atoms with Crippen LogP contribution >= 0.6 is 0 Å². The summed E-state index contributed by atoms with van der Waals surface area (Å²) in [6.45, 7) is 4.45. The average Bonchev–Trinajstić information content (AvgIpc) is 3.12. The molecule has 28 heavy (non-hydrogen) atoms. The predicted octanol–water partition coefficient (Wildman–Crippen LogP) is 1.34. The van der Waals surface area contributed by atoms with Gasteiger partial charge >= 0.3 is 0 Å². The number of nitrogens with one attached hydrogen (secondary N) is 2. The molecular formula is C19H27N5O4. The summed E-state index contributed by atoms with van der Waals surface area (Å²) in [6, 6.07) is 5.59. The van der Waals surface area contributed by atoms with Crippen LogP contribution in [-0.2, 0) is 0 Å². The molecule has 9 nitrogen and oxygen atoms in total. The average molecular weight is 389 g/mol. The van der Waals surface area contributed by atoms with E-state index in [0.29, 0.717) is 42.1 Å². The number of amides is 1. The molecule has 9 heteroatoms. The number of benzene rings is 1. The van der Waals surface area contributed by atoms with Crippen LogP contribution in [0.1, 0.15) is 35.1 Å². The highest BCUT2D eigenvalue weighted by atomic mass is 16.5. The fourth-order valence-corrected chi connectivity index (χ4v) is 3.23. The minimum atomic E-state index is -0.246. The van der Waals surface area contributed by atoms with Crippen molar-refractivity contribution in [3.05, 3.63) is 29.6 Å². The second kappa shape index (κ2) is 9.41. The number of ether oxygens (including phenoxy) is 3. The molecule has 0 radical (unpaired) electrons. The van der Waals surface area contributed by atoms with Gasteiger partial charge in [0.05, 0.1) is 32.5 Å². The van der Waals surface area contributed by atoms with Crippen LogP contribution in [0.4, 0.5) is 0 Å². The van der Waals surface area contributed by atoms with Gasteiger partial charge in [-0.3, -0.25) is 4.79 Å². The number of hydrogen-bond acceptors (Lipinski definition) is 7. The maximum atomic E-state index is 12.4. The molecule has 1 aliphatic rings. The topological polar surface area (TPSA) is 99.5 Å². The van der Waals surface area contributed by atoms with Crippen molar-refractivity contribution >= 4 is 5.91 Å². The van der Waals surface area contributed by atoms with E-state index in [4.69, 9.17) is 14.2 Å². The Balaban J connectivity index is 1.52. The monoisotopic (exact) mass is 389 g/mol. The Hall–Kier alpha value is -2.81. The van der Waals surface area contributed by atoms with Crippen LogP contribution in [0.25, 0.3) is 0 Å². The van der Waals surface area contributed by atoms with Gasteiger partial charge < -0.3 is 24.8 Å². The highest BCUT2D eigenvalue weighted by molar-refractivity contribution is 5.93. The lowest BCUT2D eigenvalue weighted by Gasteiger charge is -2.23. The number of piperidine rings is 1. The lowest BCUT2D eigenvalue weighted by Crippen LogP contribution is -2.31. The van der Waals surface area contributed by atoms with E-state index in [-0.39, 0.29) is 5.91 Å². The molecule has 0 saturated carbocycles. The van der Waals surface area contributed by atoms with Crippen molar-refractivity contribution < 1.29 is 19.0 Å². The lowest BCUT2D eigenvalue weighted by atomic mass is 10.1. The van der Waals surface area contributed by atoms with Crippen molar-refractivity contribution in [3.63, 3.8) is 0 Å². The molecule has 0 aliphatic carbocycles. The third-order valence-corrected chi connectivity index (χ3v) is 4.78. The van der Waals surface area contributed by atoms with E-state index in [1.807, 2.05) is 11.6 Å². The van der Waals surface area contributed by atoms with Crippen LogP contribution < -0.4 is 24.8 Å². The highest BCUT2D eigenvalue weighted by Gasteiger charge is 2.22. The van der Waals surface area contributed by atoms with E-state index in [0.717, 1.165) is 31.6 Å². The zero-order valence-corrected chi connectivity index (χ0v) is 16.5. The molecule has 3 rings (SSSR count). The van der Waals surface area contributed by atoms with E-state index in [9.17, 15) is 4.79 Å². The highest BCUT2D eigenvalue weighted by Crippen LogP contribution is 2.27. The van der Waals surface area contributed by atoms with Gasteiger partial charge in [0.1, 0.15) is 23.9 Å². The van der Waals surface area contributed by atoms with Crippen molar-refractivity contribution in [2.75, 3.05) is 40.5 Å². The minimum absolute atomic E-state index is 0.246. The molecule has 1 aliphatic heterocycles. The number of rotatable bonds is 8. The van der Waals surface area contributed by atoms with Crippen molar-refractivity contribution in [3.8, 4) is 17.2 Å². The van der Waals surface area contributed by atoms with Gasteiger partial charge in [0, 0.05) is 18.2 Å². The number of hydrogen-bond donors (Lipinski definition) is 2. The normalized spacial score (nSPS) is 14.5. The third-order valence-electron chi connectivity index (χ3n) is 4.78. The largest absolute Gasteiger partial charge is 0.496 e. The van der Waals surface area contributed by atoms with Crippen molar-refractivity contribution in [1.29, 1.82) is 0 Å². The first-order valence-electron chi connectivity index (χ1n) is 9.39. The van der Waals surface area contributed by atoms with Crippen LogP contribution in [0.3, 0.4) is 0 Å². The van der Waals surface area contributed by atoms with E-state index < -0.39 is 0 Å². The van der Waals surface area contributed by atoms with Crippen LogP contribution in [-0.4, -0.2) is 61.4 Å². The Morgan fingerprint density at radius 3 is 2.46 bits per heavy atom. The van der Waals surface area contributed by atoms with Gasteiger partial charge in [-0.15, -0.1) is 5.10 Å². The number of carbonyl (C=O) groups is 1. The first-order chi connectivity index (χ1) is 13.6. The van der Waals surface area contributed by atoms with Gasteiger partial charge in [-0.25, -0.2) is 4.68 Å². The molecule has 1 aromatic carbocycles. The number of carbonyl (C=O) groups excluding carboxylic acids is 1. The summed E-state index contributed by atoms with van der Waals surface area (Å²) >= 11 is 0. The van der Waals surface area contributed by atoms with Crippen LogP contribution in [0.5, 0.6) is 17.2 Å². The summed E-state index contributed by atoms with van der Waals surface area (Å²) in [5.74, 6) is 1.65. The van der Waals surface area contributed by atoms with Gasteiger partial charge in [-0.05, 0) is 32.9 Å². The predicted molar refractivity (Wildman–Crippen MR) is 103 cm³/mol. The molecule has 1 fully saturated rings. The Morgan fingerprint density at radius 2 is 1.82 bits per heavy atom. The van der Waals surface area contributed by atoms with E-state index in [1.165, 1.54) is 0 Å². The summed E-state index contributed by atoms with van der Waals surface area (Å²) in [5, 5.41) is 14.4. The summed E-state index contributed by atoms with van der Waals surface area (Å²) in [6.07, 6.45) is 1.98. The van der Waals surface area contributed by atoms with E-state index in [2.05, 4.69) is 20.9 Å². The molecule has 2 heterocycles. The molecule has 1 amide bonds. The number of methoxy groups -OCH3 is 2. The smallest absolute Gasteiger partial charge is 0.273 e. The fourth-order valence-electron chi connectivity index (χ4n) is 3.23. The van der Waals surface area contributed by atoms with E-state index in [1.54, 1.807) is 32.4 Å². The first kappa shape index (κ1) is 19.9. The van der Waals surface area contributed by atoms with Crippen molar-refractivity contribution in [2.45, 2.75) is 25.8 Å². The Labute approximate surface area is 164 Å². The Bertz CT molecular complexity index is 779. The maximum absolute atomic E-state index is 12.4. The van der Waals surface area contributed by atoms with Crippen molar-refractivity contribution in [2.24, 2.45) is 0 Å². The molecule has 0 spiro atoms. The molecule has 1 saturated heterocycles. The standard InChI is InChI=1S/C19H27N5O4/c1-13-18(22-23-24(13)14-4-6-20-7-5-14)19(25)21-8-9-28-17-11-15(26-2)10-16(12-17)27-3/h10-12,14,20H,4-9H2,1-3H3,(H,21,25). The van der Waals surface area contributed by atoms with Gasteiger partial charge in [0.25, 0.3) is 5.91 Å². The molecular weight excluding hydrogens is 362 g/mol. The molecule has 2 aromatic rings. The van der Waals surface area contributed by atoms with Crippen molar-refractivity contribution in [1.82, 2.24) is 25.6 Å². The molecule has 0 unspecified atom stereocenters. The van der Waals surface area contributed by atoms with Gasteiger partial charge in [0.15, 0.2) is 5.69 Å². The number of aromatic nitrogens is 3. The Morgan fingerprint density at radius 1 is 1.18 bits per heavy atom. The number of nitrogens with zero attached hydrogens (tertiary/aromatic N) is 3. The molecule has 152 valence electrons. The molecule has 1 aromatic heterocycles.